The van der Waals surface area contributed by atoms with E-state index in [0.717, 1.165) is 12.1 Å². The number of aliphatic carboxylic acids is 1. The van der Waals surface area contributed by atoms with Crippen molar-refractivity contribution in [3.63, 3.8) is 0 Å². The topological polar surface area (TPSA) is 78.4 Å². The molecule has 5 nitrogen and oxygen atoms in total. The lowest BCUT2D eigenvalue weighted by Crippen LogP contribution is -2.42. The summed E-state index contributed by atoms with van der Waals surface area (Å²) in [5.74, 6) is -0.968. The van der Waals surface area contributed by atoms with Crippen LogP contribution in [0.25, 0.3) is 0 Å². The highest BCUT2D eigenvalue weighted by atomic mass is 16.4. The molecule has 0 bridgehead atoms. The maximum Gasteiger partial charge on any atom is 0.320 e. The van der Waals surface area contributed by atoms with Crippen molar-refractivity contribution < 1.29 is 14.7 Å². The van der Waals surface area contributed by atoms with Gasteiger partial charge in [-0.3, -0.25) is 9.59 Å². The van der Waals surface area contributed by atoms with E-state index < -0.39 is 12.0 Å². The number of carbonyl (C=O) groups is 2. The zero-order valence-electron chi connectivity index (χ0n) is 11.9. The van der Waals surface area contributed by atoms with Gasteiger partial charge in [0.2, 0.25) is 5.91 Å². The molecule has 0 unspecified atom stereocenters. The fraction of sp³-hybridized carbons (Fsp3) is 0.467. The van der Waals surface area contributed by atoms with E-state index >= 15 is 0 Å². The first-order chi connectivity index (χ1) is 9.54. The van der Waals surface area contributed by atoms with Crippen LogP contribution in [0.2, 0.25) is 0 Å². The van der Waals surface area contributed by atoms with Crippen molar-refractivity contribution in [2.75, 3.05) is 11.9 Å². The molecule has 1 amide bonds. The molecule has 0 radical (unpaired) electrons. The predicted octanol–water partition coefficient (Wildman–Crippen LogP) is 2.10. The number of para-hydroxylation sites is 1. The second-order valence-corrected chi connectivity index (χ2v) is 4.82. The molecule has 5 heteroatoms. The van der Waals surface area contributed by atoms with Gasteiger partial charge in [-0.15, -0.1) is 0 Å². The van der Waals surface area contributed by atoms with E-state index in [0.29, 0.717) is 6.54 Å². The molecular formula is C15H22N2O3. The van der Waals surface area contributed by atoms with E-state index in [1.807, 2.05) is 44.2 Å². The van der Waals surface area contributed by atoms with Gasteiger partial charge < -0.3 is 15.7 Å². The SMILES string of the molecule is CC[C@H](C)[C@H](NCCC(=O)Nc1ccccc1)C(=O)O. The fourth-order valence-electron chi connectivity index (χ4n) is 1.85. The van der Waals surface area contributed by atoms with E-state index in [9.17, 15) is 9.59 Å². The Morgan fingerprint density at radius 2 is 1.90 bits per heavy atom. The van der Waals surface area contributed by atoms with E-state index in [1.54, 1.807) is 0 Å². The Kier molecular flexibility index (Phi) is 6.73. The third kappa shape index (κ3) is 5.40. The molecule has 0 saturated heterocycles. The van der Waals surface area contributed by atoms with Crippen molar-refractivity contribution in [3.05, 3.63) is 30.3 Å². The van der Waals surface area contributed by atoms with Crippen molar-refractivity contribution in [3.8, 4) is 0 Å². The van der Waals surface area contributed by atoms with Gasteiger partial charge in [0.1, 0.15) is 6.04 Å². The van der Waals surface area contributed by atoms with Crippen LogP contribution in [-0.2, 0) is 9.59 Å². The Labute approximate surface area is 119 Å². The van der Waals surface area contributed by atoms with Crippen LogP contribution in [0.4, 0.5) is 5.69 Å². The molecule has 0 heterocycles. The van der Waals surface area contributed by atoms with Crippen LogP contribution in [0.3, 0.4) is 0 Å². The van der Waals surface area contributed by atoms with Gasteiger partial charge in [0, 0.05) is 18.7 Å². The Bertz CT molecular complexity index is 434. The standard InChI is InChI=1S/C15H22N2O3/c1-3-11(2)14(15(19)20)16-10-9-13(18)17-12-7-5-4-6-8-12/h4-8,11,14,16H,3,9-10H2,1-2H3,(H,17,18)(H,19,20)/t11-,14-/m0/s1. The second-order valence-electron chi connectivity index (χ2n) is 4.82. The summed E-state index contributed by atoms with van der Waals surface area (Å²) in [7, 11) is 0. The molecule has 0 fully saturated rings. The highest BCUT2D eigenvalue weighted by Crippen LogP contribution is 2.08. The number of carbonyl (C=O) groups excluding carboxylic acids is 1. The number of amides is 1. The predicted molar refractivity (Wildman–Crippen MR) is 78.6 cm³/mol. The zero-order valence-corrected chi connectivity index (χ0v) is 11.9. The van der Waals surface area contributed by atoms with Gasteiger partial charge in [-0.1, -0.05) is 38.5 Å². The highest BCUT2D eigenvalue weighted by molar-refractivity contribution is 5.90. The minimum Gasteiger partial charge on any atom is -0.480 e. The lowest BCUT2D eigenvalue weighted by Gasteiger charge is -2.19. The van der Waals surface area contributed by atoms with Crippen LogP contribution in [0.5, 0.6) is 0 Å². The number of carboxylic acids is 1. The van der Waals surface area contributed by atoms with Crippen LogP contribution >= 0.6 is 0 Å². The van der Waals surface area contributed by atoms with Gasteiger partial charge in [-0.05, 0) is 18.1 Å². The summed E-state index contributed by atoms with van der Waals surface area (Å²) in [5.41, 5.74) is 0.745. The van der Waals surface area contributed by atoms with E-state index in [4.69, 9.17) is 5.11 Å². The first-order valence-electron chi connectivity index (χ1n) is 6.85. The molecule has 0 spiro atoms. The van der Waals surface area contributed by atoms with Gasteiger partial charge in [0.05, 0.1) is 0 Å². The van der Waals surface area contributed by atoms with Gasteiger partial charge in [-0.25, -0.2) is 0 Å². The van der Waals surface area contributed by atoms with Gasteiger partial charge in [0.15, 0.2) is 0 Å². The number of nitrogens with one attached hydrogen (secondary N) is 2. The summed E-state index contributed by atoms with van der Waals surface area (Å²) in [6.45, 7) is 4.18. The molecule has 1 aromatic rings. The summed E-state index contributed by atoms with van der Waals surface area (Å²) in [6, 6.07) is 8.58. The minimum atomic E-state index is -0.872. The molecule has 0 aliphatic rings. The van der Waals surface area contributed by atoms with Crippen molar-refractivity contribution in [1.29, 1.82) is 0 Å². The maximum absolute atomic E-state index is 11.7. The monoisotopic (exact) mass is 278 g/mol. The lowest BCUT2D eigenvalue weighted by molar-refractivity contribution is -0.141. The lowest BCUT2D eigenvalue weighted by atomic mass is 9.99. The number of hydrogen-bond donors (Lipinski definition) is 3. The second kappa shape index (κ2) is 8.32. The minimum absolute atomic E-state index is 0.0321. The van der Waals surface area contributed by atoms with E-state index in [-0.39, 0.29) is 18.2 Å². The number of rotatable bonds is 8. The molecule has 2 atom stereocenters. The molecule has 20 heavy (non-hydrogen) atoms. The molecule has 0 saturated carbocycles. The smallest absolute Gasteiger partial charge is 0.320 e. The largest absolute Gasteiger partial charge is 0.480 e. The molecule has 0 aliphatic carbocycles. The van der Waals surface area contributed by atoms with Crippen molar-refractivity contribution >= 4 is 17.6 Å². The molecule has 0 aromatic heterocycles. The number of anilines is 1. The van der Waals surface area contributed by atoms with Crippen LogP contribution in [0.15, 0.2) is 30.3 Å². The van der Waals surface area contributed by atoms with E-state index in [2.05, 4.69) is 10.6 Å². The van der Waals surface area contributed by atoms with Crippen molar-refractivity contribution in [2.45, 2.75) is 32.7 Å². The first kappa shape index (κ1) is 16.2. The molecule has 110 valence electrons. The van der Waals surface area contributed by atoms with Crippen LogP contribution in [0.1, 0.15) is 26.7 Å². The molecule has 1 rings (SSSR count). The van der Waals surface area contributed by atoms with E-state index in [1.165, 1.54) is 0 Å². The Hall–Kier alpha value is -1.88. The number of benzene rings is 1. The quantitative estimate of drug-likeness (QED) is 0.680. The summed E-state index contributed by atoms with van der Waals surface area (Å²) >= 11 is 0. The van der Waals surface area contributed by atoms with Crippen LogP contribution in [0, 0.1) is 5.92 Å². The third-order valence-electron chi connectivity index (χ3n) is 3.25. The fourth-order valence-corrected chi connectivity index (χ4v) is 1.85. The Morgan fingerprint density at radius 3 is 2.45 bits per heavy atom. The Morgan fingerprint density at radius 1 is 1.25 bits per heavy atom. The first-order valence-corrected chi connectivity index (χ1v) is 6.85. The molecule has 0 aliphatic heterocycles. The molecule has 1 aromatic carbocycles. The normalized spacial score (nSPS) is 13.5. The average molecular weight is 278 g/mol. The summed E-state index contributed by atoms with van der Waals surface area (Å²) in [4.78, 5) is 22.8. The summed E-state index contributed by atoms with van der Waals surface area (Å²) < 4.78 is 0. The van der Waals surface area contributed by atoms with Gasteiger partial charge in [-0.2, -0.15) is 0 Å². The number of carboxylic acid groups (broad SMARTS) is 1. The highest BCUT2D eigenvalue weighted by Gasteiger charge is 2.22. The van der Waals surface area contributed by atoms with Crippen molar-refractivity contribution in [2.24, 2.45) is 5.92 Å². The zero-order chi connectivity index (χ0) is 15.0. The van der Waals surface area contributed by atoms with Crippen LogP contribution < -0.4 is 10.6 Å². The van der Waals surface area contributed by atoms with Gasteiger partial charge >= 0.3 is 5.97 Å². The maximum atomic E-state index is 11.7. The van der Waals surface area contributed by atoms with Crippen molar-refractivity contribution in [1.82, 2.24) is 5.32 Å². The number of hydrogen-bond acceptors (Lipinski definition) is 3. The van der Waals surface area contributed by atoms with Gasteiger partial charge in [0.25, 0.3) is 0 Å². The third-order valence-corrected chi connectivity index (χ3v) is 3.25. The molecule has 3 N–H and O–H groups in total. The van der Waals surface area contributed by atoms with Crippen LogP contribution in [-0.4, -0.2) is 29.6 Å². The summed E-state index contributed by atoms with van der Waals surface area (Å²) in [5, 5.41) is 14.8. The average Bonchev–Trinajstić information content (AvgIpc) is 2.43. The molecular weight excluding hydrogens is 256 g/mol. The Balaban J connectivity index is 2.35. The summed E-state index contributed by atoms with van der Waals surface area (Å²) in [6.07, 6.45) is 1.02.